The summed E-state index contributed by atoms with van der Waals surface area (Å²) in [5, 5.41) is 0. The molecule has 0 N–H and O–H groups in total. The van der Waals surface area contributed by atoms with E-state index in [1.54, 1.807) is 23.3 Å². The van der Waals surface area contributed by atoms with E-state index in [1.807, 2.05) is 17.9 Å². The van der Waals surface area contributed by atoms with Crippen LogP contribution in [0.1, 0.15) is 25.6 Å². The van der Waals surface area contributed by atoms with Crippen molar-refractivity contribution in [3.05, 3.63) is 16.6 Å². The lowest BCUT2D eigenvalue weighted by atomic mass is 10.3. The van der Waals surface area contributed by atoms with Crippen molar-refractivity contribution in [3.63, 3.8) is 0 Å². The van der Waals surface area contributed by atoms with Crippen LogP contribution < -0.4 is 0 Å². The van der Waals surface area contributed by atoms with E-state index in [4.69, 9.17) is 0 Å². The zero-order valence-corrected chi connectivity index (χ0v) is 9.08. The highest BCUT2D eigenvalue weighted by molar-refractivity contribution is 7.99. The summed E-state index contributed by atoms with van der Waals surface area (Å²) in [5.41, 5.74) is 1.81. The number of aromatic nitrogens is 1. The van der Waals surface area contributed by atoms with E-state index < -0.39 is 0 Å². The Morgan fingerprint density at radius 2 is 2.33 bits per heavy atom. The van der Waals surface area contributed by atoms with Gasteiger partial charge in [0, 0.05) is 10.9 Å². The topological polar surface area (TPSA) is 25.2 Å². The van der Waals surface area contributed by atoms with Crippen LogP contribution in [0.5, 0.6) is 0 Å². The van der Waals surface area contributed by atoms with Crippen molar-refractivity contribution in [1.82, 2.24) is 4.98 Å². The number of rotatable bonds is 2. The molecule has 0 aromatic carbocycles. The predicted octanol–water partition coefficient (Wildman–Crippen LogP) is 3.01. The van der Waals surface area contributed by atoms with Crippen LogP contribution >= 0.6 is 23.3 Å². The van der Waals surface area contributed by atoms with E-state index >= 15 is 0 Å². The smallest absolute Gasteiger partial charge is 0.0798 e. The van der Waals surface area contributed by atoms with E-state index in [0.717, 1.165) is 4.88 Å². The summed E-state index contributed by atoms with van der Waals surface area (Å²) in [6.07, 6.45) is 3.67. The van der Waals surface area contributed by atoms with Gasteiger partial charge >= 0.3 is 0 Å². The average Bonchev–Trinajstić information content (AvgIpc) is 2.36. The van der Waals surface area contributed by atoms with Crippen LogP contribution in [0.3, 0.4) is 0 Å². The van der Waals surface area contributed by atoms with Gasteiger partial charge in [-0.25, -0.2) is 4.40 Å². The summed E-state index contributed by atoms with van der Waals surface area (Å²) in [4.78, 5) is 5.06. The van der Waals surface area contributed by atoms with Gasteiger partial charge in [0.1, 0.15) is 0 Å². The van der Waals surface area contributed by atoms with Gasteiger partial charge < -0.3 is 0 Å². The second-order valence-electron chi connectivity index (χ2n) is 3.34. The maximum Gasteiger partial charge on any atom is 0.0798 e. The summed E-state index contributed by atoms with van der Waals surface area (Å²) < 4.78 is 4.44. The van der Waals surface area contributed by atoms with Crippen LogP contribution in [0.15, 0.2) is 16.1 Å². The van der Waals surface area contributed by atoms with Gasteiger partial charge in [-0.05, 0) is 32.7 Å². The molecule has 2 nitrogen and oxygen atoms in total. The van der Waals surface area contributed by atoms with Gasteiger partial charge in [0.15, 0.2) is 0 Å². The summed E-state index contributed by atoms with van der Waals surface area (Å²) in [5.74, 6) is 0. The minimum Gasteiger partial charge on any atom is -0.252 e. The van der Waals surface area contributed by atoms with Gasteiger partial charge in [0.2, 0.25) is 0 Å². The Balaban J connectivity index is 2.42. The molecule has 66 valence electrons. The molecule has 0 aliphatic carbocycles. The Bertz CT molecular complexity index is 247. The first kappa shape index (κ1) is 9.74. The largest absolute Gasteiger partial charge is 0.252 e. The van der Waals surface area contributed by atoms with Crippen molar-refractivity contribution in [1.29, 1.82) is 0 Å². The molecule has 1 heterocycles. The van der Waals surface area contributed by atoms with E-state index in [2.05, 4.69) is 30.2 Å². The Hall–Kier alpha value is -0.350. The zero-order valence-electron chi connectivity index (χ0n) is 7.44. The van der Waals surface area contributed by atoms with Crippen molar-refractivity contribution < 1.29 is 0 Å². The third kappa shape index (κ3) is 3.88. The first-order valence-electron chi connectivity index (χ1n) is 3.68. The molecule has 0 aliphatic rings. The quantitative estimate of drug-likeness (QED) is 0.541. The molecule has 0 saturated heterocycles. The maximum absolute atomic E-state index is 4.25. The van der Waals surface area contributed by atoms with Crippen LogP contribution in [-0.4, -0.2) is 15.9 Å². The molecule has 0 fully saturated rings. The van der Waals surface area contributed by atoms with Crippen LogP contribution in [0.25, 0.3) is 0 Å². The zero-order chi connectivity index (χ0) is 9.03. The standard InChI is InChI=1S/C8H12N2S2/c1-8(2,3)12-10-5-7-4-9-6-11-7/h4-6H,1-3H3. The molecular weight excluding hydrogens is 188 g/mol. The second kappa shape index (κ2) is 4.05. The molecule has 0 unspecified atom stereocenters. The first-order chi connectivity index (χ1) is 5.58. The molecule has 0 amide bonds. The molecular formula is C8H12N2S2. The SMILES string of the molecule is CC(C)(C)SN=Cc1cncs1. The fraction of sp³-hybridized carbons (Fsp3) is 0.500. The lowest BCUT2D eigenvalue weighted by molar-refractivity contribution is 0.804. The van der Waals surface area contributed by atoms with Crippen molar-refractivity contribution >= 4 is 29.5 Å². The predicted molar refractivity (Wildman–Crippen MR) is 57.1 cm³/mol. The Morgan fingerprint density at radius 3 is 2.83 bits per heavy atom. The Kier molecular flexibility index (Phi) is 3.29. The van der Waals surface area contributed by atoms with Gasteiger partial charge in [-0.2, -0.15) is 0 Å². The normalized spacial score (nSPS) is 12.6. The highest BCUT2D eigenvalue weighted by Crippen LogP contribution is 2.23. The molecule has 0 aliphatic heterocycles. The first-order valence-corrected chi connectivity index (χ1v) is 5.33. The molecule has 1 rings (SSSR count). The van der Waals surface area contributed by atoms with E-state index in [-0.39, 0.29) is 4.75 Å². The molecule has 0 atom stereocenters. The minimum atomic E-state index is 0.196. The lowest BCUT2D eigenvalue weighted by Crippen LogP contribution is -2.04. The molecule has 0 radical (unpaired) electrons. The van der Waals surface area contributed by atoms with Crippen molar-refractivity contribution in [3.8, 4) is 0 Å². The second-order valence-corrected chi connectivity index (χ2v) is 5.88. The number of nitrogens with zero attached hydrogens (tertiary/aromatic N) is 2. The minimum absolute atomic E-state index is 0.196. The lowest BCUT2D eigenvalue weighted by Gasteiger charge is -2.11. The fourth-order valence-corrected chi connectivity index (χ4v) is 1.55. The average molecular weight is 200 g/mol. The molecule has 1 aromatic rings. The maximum atomic E-state index is 4.25. The van der Waals surface area contributed by atoms with Gasteiger partial charge in [-0.1, -0.05) is 0 Å². The van der Waals surface area contributed by atoms with E-state index in [1.165, 1.54) is 0 Å². The summed E-state index contributed by atoms with van der Waals surface area (Å²) in [7, 11) is 0. The monoisotopic (exact) mass is 200 g/mol. The summed E-state index contributed by atoms with van der Waals surface area (Å²) in [6, 6.07) is 0. The molecule has 1 aromatic heterocycles. The van der Waals surface area contributed by atoms with Crippen LogP contribution in [0.2, 0.25) is 0 Å². The van der Waals surface area contributed by atoms with Gasteiger partial charge in [-0.3, -0.25) is 4.98 Å². The number of thiazole rings is 1. The van der Waals surface area contributed by atoms with E-state index in [0.29, 0.717) is 0 Å². The Morgan fingerprint density at radius 1 is 1.58 bits per heavy atom. The Labute approximate surface area is 81.3 Å². The molecule has 4 heteroatoms. The highest BCUT2D eigenvalue weighted by atomic mass is 32.2. The molecule has 0 spiro atoms. The van der Waals surface area contributed by atoms with Gasteiger partial charge in [0.05, 0.1) is 16.6 Å². The molecule has 0 saturated carbocycles. The van der Waals surface area contributed by atoms with Gasteiger partial charge in [0.25, 0.3) is 0 Å². The van der Waals surface area contributed by atoms with Crippen molar-refractivity contribution in [2.45, 2.75) is 25.5 Å². The number of hydrogen-bond donors (Lipinski definition) is 0. The van der Waals surface area contributed by atoms with Crippen molar-refractivity contribution in [2.24, 2.45) is 4.40 Å². The van der Waals surface area contributed by atoms with Crippen LogP contribution in [0.4, 0.5) is 0 Å². The molecule has 12 heavy (non-hydrogen) atoms. The fourth-order valence-electron chi connectivity index (χ4n) is 0.526. The van der Waals surface area contributed by atoms with Crippen molar-refractivity contribution in [2.75, 3.05) is 0 Å². The van der Waals surface area contributed by atoms with Gasteiger partial charge in [-0.15, -0.1) is 11.3 Å². The number of hydrogen-bond acceptors (Lipinski definition) is 4. The third-order valence-electron chi connectivity index (χ3n) is 0.958. The van der Waals surface area contributed by atoms with Crippen LogP contribution in [0, 0.1) is 0 Å². The summed E-state index contributed by atoms with van der Waals surface area (Å²) in [6.45, 7) is 6.42. The highest BCUT2D eigenvalue weighted by Gasteiger charge is 2.08. The van der Waals surface area contributed by atoms with Crippen LogP contribution in [-0.2, 0) is 0 Å². The molecule has 0 bridgehead atoms. The summed E-state index contributed by atoms with van der Waals surface area (Å²) >= 11 is 3.18. The van der Waals surface area contributed by atoms with E-state index in [9.17, 15) is 0 Å². The third-order valence-corrected chi connectivity index (χ3v) is 2.43.